The lowest BCUT2D eigenvalue weighted by atomic mass is 9.93. The Kier molecular flexibility index (Phi) is 6.21. The molecule has 0 fully saturated rings. The van der Waals surface area contributed by atoms with E-state index in [1.54, 1.807) is 36.4 Å². The summed E-state index contributed by atoms with van der Waals surface area (Å²) in [7, 11) is 0. The number of carbonyl (C=O) groups is 1. The van der Waals surface area contributed by atoms with Gasteiger partial charge in [-0.15, -0.1) is 0 Å². The summed E-state index contributed by atoms with van der Waals surface area (Å²) in [4.78, 5) is 15.2. The molecule has 3 rings (SSSR count). The van der Waals surface area contributed by atoms with E-state index in [-0.39, 0.29) is 11.9 Å². The predicted octanol–water partition coefficient (Wildman–Crippen LogP) is 4.76. The molecule has 2 aromatic carbocycles. The summed E-state index contributed by atoms with van der Waals surface area (Å²) in [6.45, 7) is 5.95. The smallest absolute Gasteiger partial charge is 0.255 e. The maximum Gasteiger partial charge on any atom is 0.255 e. The van der Waals surface area contributed by atoms with Crippen molar-refractivity contribution in [1.82, 2.24) is 10.2 Å². The molecule has 0 saturated carbocycles. The summed E-state index contributed by atoms with van der Waals surface area (Å²) in [6.07, 6.45) is 0. The van der Waals surface area contributed by atoms with Crippen LogP contribution in [0.5, 0.6) is 0 Å². The van der Waals surface area contributed by atoms with Crippen molar-refractivity contribution in [3.05, 3.63) is 76.0 Å². The van der Waals surface area contributed by atoms with Crippen LogP contribution in [0.15, 0.2) is 59.8 Å². The second kappa shape index (κ2) is 8.64. The fraction of sp³-hybridized carbons (Fsp3) is 0.227. The molecule has 0 saturated heterocycles. The van der Waals surface area contributed by atoms with E-state index in [1.807, 2.05) is 37.8 Å². The number of hydrogen-bond acceptors (Lipinski definition) is 3. The van der Waals surface area contributed by atoms with Gasteiger partial charge in [-0.05, 0) is 75.0 Å². The van der Waals surface area contributed by atoms with Crippen molar-refractivity contribution in [3.8, 4) is 6.07 Å². The maximum atomic E-state index is 13.3. The number of amides is 1. The van der Waals surface area contributed by atoms with Crippen LogP contribution in [0.2, 0.25) is 5.02 Å². The topological polar surface area (TPSA) is 68.2 Å². The van der Waals surface area contributed by atoms with Gasteiger partial charge in [0.1, 0.15) is 0 Å². The SMILES string of the molecule is CC1=C(C(=O)Nc2ccc(Cl)cc2)[C@@H](c2ccc(C#N)cc2)NC(=S)N1C(C)C. The molecular formula is C22H21ClN4OS. The normalized spacial score (nSPS) is 16.5. The highest BCUT2D eigenvalue weighted by molar-refractivity contribution is 7.80. The van der Waals surface area contributed by atoms with Gasteiger partial charge in [-0.1, -0.05) is 23.7 Å². The van der Waals surface area contributed by atoms with E-state index in [9.17, 15) is 4.79 Å². The predicted molar refractivity (Wildman–Crippen MR) is 119 cm³/mol. The molecular weight excluding hydrogens is 404 g/mol. The Morgan fingerprint density at radius 1 is 1.21 bits per heavy atom. The van der Waals surface area contributed by atoms with Crippen molar-refractivity contribution in [3.63, 3.8) is 0 Å². The lowest BCUT2D eigenvalue weighted by Crippen LogP contribution is -2.50. The highest BCUT2D eigenvalue weighted by atomic mass is 35.5. The monoisotopic (exact) mass is 424 g/mol. The molecule has 1 aliphatic rings. The van der Waals surface area contributed by atoms with E-state index in [4.69, 9.17) is 29.1 Å². The summed E-state index contributed by atoms with van der Waals surface area (Å²) < 4.78 is 0. The zero-order valence-electron chi connectivity index (χ0n) is 16.4. The van der Waals surface area contributed by atoms with Gasteiger partial charge in [-0.2, -0.15) is 5.26 Å². The maximum absolute atomic E-state index is 13.3. The van der Waals surface area contributed by atoms with Crippen LogP contribution in [0.4, 0.5) is 5.69 Å². The lowest BCUT2D eigenvalue weighted by Gasteiger charge is -2.40. The standard InChI is InChI=1S/C22H21ClN4OS/c1-13(2)27-14(3)19(21(28)25-18-10-8-17(23)9-11-18)20(26-22(27)29)16-6-4-15(12-24)5-7-16/h4-11,13,20H,1-3H3,(H,25,28)(H,26,29)/t20-/m1/s1. The Morgan fingerprint density at radius 3 is 2.38 bits per heavy atom. The summed E-state index contributed by atoms with van der Waals surface area (Å²) in [5.41, 5.74) is 3.44. The van der Waals surface area contributed by atoms with Crippen LogP contribution in [0, 0.1) is 11.3 Å². The Morgan fingerprint density at radius 2 is 1.83 bits per heavy atom. The molecule has 2 N–H and O–H groups in total. The molecule has 0 spiro atoms. The zero-order chi connectivity index (χ0) is 21.1. The first kappa shape index (κ1) is 20.8. The third-order valence-electron chi connectivity index (χ3n) is 4.76. The molecule has 0 aromatic heterocycles. The molecule has 148 valence electrons. The van der Waals surface area contributed by atoms with E-state index in [2.05, 4.69) is 16.7 Å². The Balaban J connectivity index is 2.03. The molecule has 5 nitrogen and oxygen atoms in total. The number of carbonyl (C=O) groups excluding carboxylic acids is 1. The van der Waals surface area contributed by atoms with Gasteiger partial charge in [0.15, 0.2) is 5.11 Å². The summed E-state index contributed by atoms with van der Waals surface area (Å²) in [6, 6.07) is 15.9. The number of rotatable bonds is 4. The Labute approximate surface area is 181 Å². The van der Waals surface area contributed by atoms with Crippen molar-refractivity contribution in [2.24, 2.45) is 0 Å². The number of nitrogens with one attached hydrogen (secondary N) is 2. The van der Waals surface area contributed by atoms with E-state index in [1.165, 1.54) is 0 Å². The van der Waals surface area contributed by atoms with Crippen LogP contribution in [-0.4, -0.2) is 22.0 Å². The number of nitriles is 1. The van der Waals surface area contributed by atoms with E-state index in [0.717, 1.165) is 11.3 Å². The van der Waals surface area contributed by atoms with Gasteiger partial charge in [0, 0.05) is 22.4 Å². The number of thiocarbonyl (C=S) groups is 1. The van der Waals surface area contributed by atoms with Crippen molar-refractivity contribution in [2.75, 3.05) is 5.32 Å². The van der Waals surface area contributed by atoms with E-state index >= 15 is 0 Å². The number of halogens is 1. The summed E-state index contributed by atoms with van der Waals surface area (Å²) in [5.74, 6) is -0.222. The van der Waals surface area contributed by atoms with Gasteiger partial charge in [-0.25, -0.2) is 0 Å². The molecule has 0 unspecified atom stereocenters. The molecule has 0 bridgehead atoms. The quantitative estimate of drug-likeness (QED) is 0.692. The van der Waals surface area contributed by atoms with E-state index < -0.39 is 6.04 Å². The fourth-order valence-electron chi connectivity index (χ4n) is 3.41. The Hall–Kier alpha value is -2.88. The highest BCUT2D eigenvalue weighted by Crippen LogP contribution is 2.32. The van der Waals surface area contributed by atoms with Crippen LogP contribution in [-0.2, 0) is 4.79 Å². The number of anilines is 1. The minimum absolute atomic E-state index is 0.0928. The molecule has 1 amide bonds. The van der Waals surface area contributed by atoms with Gasteiger partial charge in [-0.3, -0.25) is 4.79 Å². The minimum Gasteiger partial charge on any atom is -0.351 e. The first-order chi connectivity index (χ1) is 13.8. The largest absolute Gasteiger partial charge is 0.351 e. The average molecular weight is 425 g/mol. The summed E-state index contributed by atoms with van der Waals surface area (Å²) in [5, 5.41) is 16.5. The van der Waals surface area contributed by atoms with Crippen molar-refractivity contribution in [2.45, 2.75) is 32.9 Å². The first-order valence-electron chi connectivity index (χ1n) is 9.19. The number of allylic oxidation sites excluding steroid dienone is 1. The molecule has 7 heteroatoms. The second-order valence-corrected chi connectivity index (χ2v) is 7.86. The molecule has 2 aromatic rings. The minimum atomic E-state index is -0.419. The molecule has 1 atom stereocenters. The number of hydrogen-bond donors (Lipinski definition) is 2. The fourth-order valence-corrected chi connectivity index (χ4v) is 4.00. The van der Waals surface area contributed by atoms with Crippen LogP contribution >= 0.6 is 23.8 Å². The van der Waals surface area contributed by atoms with Crippen molar-refractivity contribution >= 4 is 40.5 Å². The Bertz CT molecular complexity index is 1010. The molecule has 0 radical (unpaired) electrons. The van der Waals surface area contributed by atoms with Crippen LogP contribution in [0.25, 0.3) is 0 Å². The third kappa shape index (κ3) is 4.42. The van der Waals surface area contributed by atoms with Crippen molar-refractivity contribution in [1.29, 1.82) is 5.26 Å². The van der Waals surface area contributed by atoms with Crippen LogP contribution < -0.4 is 10.6 Å². The van der Waals surface area contributed by atoms with Crippen LogP contribution in [0.1, 0.15) is 37.9 Å². The molecule has 29 heavy (non-hydrogen) atoms. The number of nitrogens with zero attached hydrogens (tertiary/aromatic N) is 2. The first-order valence-corrected chi connectivity index (χ1v) is 9.98. The molecule has 1 aliphatic heterocycles. The molecule has 1 heterocycles. The zero-order valence-corrected chi connectivity index (χ0v) is 17.9. The highest BCUT2D eigenvalue weighted by Gasteiger charge is 2.34. The van der Waals surface area contributed by atoms with E-state index in [0.29, 0.717) is 27.0 Å². The van der Waals surface area contributed by atoms with Gasteiger partial charge < -0.3 is 15.5 Å². The molecule has 0 aliphatic carbocycles. The van der Waals surface area contributed by atoms with Crippen LogP contribution in [0.3, 0.4) is 0 Å². The lowest BCUT2D eigenvalue weighted by molar-refractivity contribution is -0.113. The number of benzene rings is 2. The average Bonchev–Trinajstić information content (AvgIpc) is 2.69. The van der Waals surface area contributed by atoms with Gasteiger partial charge in [0.2, 0.25) is 0 Å². The van der Waals surface area contributed by atoms with Gasteiger partial charge in [0.25, 0.3) is 5.91 Å². The van der Waals surface area contributed by atoms with Gasteiger partial charge in [0.05, 0.1) is 23.2 Å². The summed E-state index contributed by atoms with van der Waals surface area (Å²) >= 11 is 11.5. The second-order valence-electron chi connectivity index (χ2n) is 7.04. The third-order valence-corrected chi connectivity index (χ3v) is 5.33. The van der Waals surface area contributed by atoms with Gasteiger partial charge >= 0.3 is 0 Å². The van der Waals surface area contributed by atoms with Crippen molar-refractivity contribution < 1.29 is 4.79 Å².